The molecule has 1 aromatic heterocycles. The summed E-state index contributed by atoms with van der Waals surface area (Å²) in [6, 6.07) is 1.55. The van der Waals surface area contributed by atoms with Crippen molar-refractivity contribution in [3.63, 3.8) is 0 Å². The second kappa shape index (κ2) is 4.24. The largest absolute Gasteiger partial charge is 0.452 e. The number of hydrogen-bond donors (Lipinski definition) is 1. The minimum atomic E-state index is -0.423. The van der Waals surface area contributed by atoms with Gasteiger partial charge in [-0.15, -0.1) is 0 Å². The zero-order chi connectivity index (χ0) is 10.8. The third-order valence-corrected chi connectivity index (χ3v) is 2.82. The minimum absolute atomic E-state index is 0.111. The first-order valence-corrected chi connectivity index (χ1v) is 5.26. The molecule has 15 heavy (non-hydrogen) atoms. The van der Waals surface area contributed by atoms with E-state index in [-0.39, 0.29) is 11.1 Å². The van der Waals surface area contributed by atoms with Gasteiger partial charge in [0.2, 0.25) is 5.22 Å². The normalized spacial score (nSPS) is 21.7. The van der Waals surface area contributed by atoms with Crippen LogP contribution in [0.2, 0.25) is 5.22 Å². The predicted molar refractivity (Wildman–Crippen MR) is 54.9 cm³/mol. The Morgan fingerprint density at radius 2 is 2.47 bits per heavy atom. The minimum Gasteiger partial charge on any atom is -0.452 e. The first kappa shape index (κ1) is 10.5. The summed E-state index contributed by atoms with van der Waals surface area (Å²) < 4.78 is 4.86. The Labute approximate surface area is 92.4 Å². The molecular weight excluding hydrogens is 218 g/mol. The average Bonchev–Trinajstić information content (AvgIpc) is 2.63. The summed E-state index contributed by atoms with van der Waals surface area (Å²) in [5, 5.41) is 9.56. The van der Waals surface area contributed by atoms with Crippen molar-refractivity contribution in [2.24, 2.45) is 0 Å². The Balaban J connectivity index is 2.11. The van der Waals surface area contributed by atoms with Crippen molar-refractivity contribution in [3.8, 4) is 0 Å². The first-order chi connectivity index (χ1) is 7.18. The van der Waals surface area contributed by atoms with E-state index in [4.69, 9.17) is 16.0 Å². The summed E-state index contributed by atoms with van der Waals surface area (Å²) in [7, 11) is 0. The molecule has 2 rings (SSSR count). The van der Waals surface area contributed by atoms with Gasteiger partial charge in [0.25, 0.3) is 5.91 Å². The van der Waals surface area contributed by atoms with Crippen molar-refractivity contribution >= 4 is 17.5 Å². The van der Waals surface area contributed by atoms with Gasteiger partial charge in [0.1, 0.15) is 0 Å². The van der Waals surface area contributed by atoms with Crippen molar-refractivity contribution in [2.75, 3.05) is 13.1 Å². The molecule has 0 aromatic carbocycles. The van der Waals surface area contributed by atoms with Gasteiger partial charge < -0.3 is 14.4 Å². The molecule has 4 nitrogen and oxygen atoms in total. The monoisotopic (exact) mass is 229 g/mol. The lowest BCUT2D eigenvalue weighted by Gasteiger charge is -2.29. The molecule has 1 saturated heterocycles. The summed E-state index contributed by atoms with van der Waals surface area (Å²) in [6.07, 6.45) is 2.54. The SMILES string of the molecule is O=C(c1ccoc1Cl)N1CCCC(O)C1. The van der Waals surface area contributed by atoms with Crippen molar-refractivity contribution in [1.82, 2.24) is 4.90 Å². The maximum absolute atomic E-state index is 11.9. The van der Waals surface area contributed by atoms with Crippen LogP contribution in [0.15, 0.2) is 16.7 Å². The van der Waals surface area contributed by atoms with E-state index >= 15 is 0 Å². The highest BCUT2D eigenvalue weighted by Gasteiger charge is 2.25. The van der Waals surface area contributed by atoms with Gasteiger partial charge in [0.05, 0.1) is 17.9 Å². The van der Waals surface area contributed by atoms with Gasteiger partial charge >= 0.3 is 0 Å². The number of aliphatic hydroxyl groups excluding tert-OH is 1. The molecule has 2 heterocycles. The van der Waals surface area contributed by atoms with E-state index in [1.807, 2.05) is 0 Å². The Bertz CT molecular complexity index is 363. The van der Waals surface area contributed by atoms with Gasteiger partial charge in [-0.05, 0) is 30.5 Å². The number of β-amino-alcohol motifs (C(OH)–C–C–N with tert-alkyl or cyclic N) is 1. The van der Waals surface area contributed by atoms with Crippen LogP contribution in [0, 0.1) is 0 Å². The fourth-order valence-electron chi connectivity index (χ4n) is 1.76. The lowest BCUT2D eigenvalue weighted by molar-refractivity contribution is 0.0473. The molecule has 1 aliphatic rings. The Morgan fingerprint density at radius 1 is 1.67 bits per heavy atom. The van der Waals surface area contributed by atoms with Gasteiger partial charge in [0.15, 0.2) is 0 Å². The number of carbonyl (C=O) groups excluding carboxylic acids is 1. The van der Waals surface area contributed by atoms with Crippen LogP contribution >= 0.6 is 11.6 Å². The molecule has 1 unspecified atom stereocenters. The van der Waals surface area contributed by atoms with Crippen LogP contribution in [-0.2, 0) is 0 Å². The fourth-order valence-corrected chi connectivity index (χ4v) is 1.95. The van der Waals surface area contributed by atoms with E-state index in [1.165, 1.54) is 6.26 Å². The summed E-state index contributed by atoms with van der Waals surface area (Å²) in [4.78, 5) is 13.5. The second-order valence-electron chi connectivity index (χ2n) is 3.66. The van der Waals surface area contributed by atoms with Gasteiger partial charge in [-0.1, -0.05) is 0 Å². The number of carbonyl (C=O) groups is 1. The Morgan fingerprint density at radius 3 is 3.07 bits per heavy atom. The first-order valence-electron chi connectivity index (χ1n) is 4.89. The summed E-state index contributed by atoms with van der Waals surface area (Å²) in [5.74, 6) is -0.174. The van der Waals surface area contributed by atoms with Gasteiger partial charge in [-0.3, -0.25) is 4.79 Å². The van der Waals surface area contributed by atoms with Crippen molar-refractivity contribution in [1.29, 1.82) is 0 Å². The number of aliphatic hydroxyl groups is 1. The highest BCUT2D eigenvalue weighted by molar-refractivity contribution is 6.32. The van der Waals surface area contributed by atoms with Crippen LogP contribution in [0.25, 0.3) is 0 Å². The second-order valence-corrected chi connectivity index (χ2v) is 4.00. The molecule has 1 fully saturated rings. The van der Waals surface area contributed by atoms with Crippen molar-refractivity contribution in [2.45, 2.75) is 18.9 Å². The lowest BCUT2D eigenvalue weighted by atomic mass is 10.1. The molecule has 82 valence electrons. The van der Waals surface area contributed by atoms with Crippen molar-refractivity contribution < 1.29 is 14.3 Å². The predicted octanol–water partition coefficient (Wildman–Crippen LogP) is 1.53. The number of piperidine rings is 1. The average molecular weight is 230 g/mol. The number of halogens is 1. The third kappa shape index (κ3) is 2.16. The maximum atomic E-state index is 11.9. The topological polar surface area (TPSA) is 53.7 Å². The van der Waals surface area contributed by atoms with Crippen LogP contribution < -0.4 is 0 Å². The third-order valence-electron chi connectivity index (χ3n) is 2.53. The quantitative estimate of drug-likeness (QED) is 0.795. The number of amides is 1. The van der Waals surface area contributed by atoms with Crippen molar-refractivity contribution in [3.05, 3.63) is 23.1 Å². The van der Waals surface area contributed by atoms with E-state index in [2.05, 4.69) is 0 Å². The number of likely N-dealkylation sites (tertiary alicyclic amines) is 1. The molecule has 0 saturated carbocycles. The van der Waals surface area contributed by atoms with E-state index in [0.29, 0.717) is 18.7 Å². The standard InChI is InChI=1S/C10H12ClNO3/c11-9-8(3-5-15-9)10(14)12-4-1-2-7(13)6-12/h3,5,7,13H,1-2,4,6H2. The van der Waals surface area contributed by atoms with E-state index in [0.717, 1.165) is 12.8 Å². The van der Waals surface area contributed by atoms with Gasteiger partial charge in [-0.2, -0.15) is 0 Å². The van der Waals surface area contributed by atoms with Crippen LogP contribution in [0.4, 0.5) is 0 Å². The van der Waals surface area contributed by atoms with E-state index < -0.39 is 6.10 Å². The van der Waals surface area contributed by atoms with Crippen LogP contribution in [-0.4, -0.2) is 35.1 Å². The van der Waals surface area contributed by atoms with E-state index in [9.17, 15) is 9.90 Å². The summed E-state index contributed by atoms with van der Waals surface area (Å²) >= 11 is 5.71. The van der Waals surface area contributed by atoms with Crippen LogP contribution in [0.3, 0.4) is 0 Å². The summed E-state index contributed by atoms with van der Waals surface area (Å²) in [6.45, 7) is 1.04. The molecular formula is C10H12ClNO3. The van der Waals surface area contributed by atoms with Crippen LogP contribution in [0.5, 0.6) is 0 Å². The molecule has 0 spiro atoms. The number of furan rings is 1. The molecule has 0 aliphatic carbocycles. The molecule has 1 amide bonds. The lowest BCUT2D eigenvalue weighted by Crippen LogP contribution is -2.42. The smallest absolute Gasteiger partial charge is 0.258 e. The number of rotatable bonds is 1. The maximum Gasteiger partial charge on any atom is 0.258 e. The Hall–Kier alpha value is -1.00. The molecule has 5 heteroatoms. The Kier molecular flexibility index (Phi) is 2.98. The molecule has 1 atom stereocenters. The zero-order valence-electron chi connectivity index (χ0n) is 8.15. The molecule has 0 bridgehead atoms. The zero-order valence-corrected chi connectivity index (χ0v) is 8.91. The molecule has 1 aromatic rings. The number of nitrogens with zero attached hydrogens (tertiary/aromatic N) is 1. The highest BCUT2D eigenvalue weighted by Crippen LogP contribution is 2.20. The fraction of sp³-hybridized carbons (Fsp3) is 0.500. The summed E-state index contributed by atoms with van der Waals surface area (Å²) in [5.41, 5.74) is 0.366. The molecule has 1 N–H and O–H groups in total. The number of hydrogen-bond acceptors (Lipinski definition) is 3. The van der Waals surface area contributed by atoms with Gasteiger partial charge in [-0.25, -0.2) is 0 Å². The van der Waals surface area contributed by atoms with Crippen LogP contribution in [0.1, 0.15) is 23.2 Å². The van der Waals surface area contributed by atoms with Gasteiger partial charge in [0, 0.05) is 13.1 Å². The molecule has 1 aliphatic heterocycles. The molecule has 0 radical (unpaired) electrons. The van der Waals surface area contributed by atoms with E-state index in [1.54, 1.807) is 11.0 Å². The highest BCUT2D eigenvalue weighted by atomic mass is 35.5.